The van der Waals surface area contributed by atoms with Gasteiger partial charge in [0.2, 0.25) is 0 Å². The smallest absolute Gasteiger partial charge is 0.282 e. The maximum Gasteiger partial charge on any atom is 0.282 e. The van der Waals surface area contributed by atoms with E-state index in [0.29, 0.717) is 17.2 Å². The monoisotopic (exact) mass is 440 g/mol. The molecule has 2 aliphatic heterocycles. The quantitative estimate of drug-likeness (QED) is 0.501. The zero-order valence-electron chi connectivity index (χ0n) is 17.6. The third kappa shape index (κ3) is 5.32. The van der Waals surface area contributed by atoms with Gasteiger partial charge in [0, 0.05) is 55.0 Å². The Bertz CT molecular complexity index is 959. The molecule has 3 heterocycles. The Morgan fingerprint density at radius 2 is 2.00 bits per heavy atom. The minimum absolute atomic E-state index is 0.0454. The van der Waals surface area contributed by atoms with E-state index in [-0.39, 0.29) is 5.91 Å². The maximum atomic E-state index is 12.8. The number of rotatable bonds is 3. The number of terminal acetylenes is 1. The predicted molar refractivity (Wildman–Crippen MR) is 125 cm³/mol. The number of hydrogen-bond donors (Lipinski definition) is 3. The van der Waals surface area contributed by atoms with Gasteiger partial charge in [0.25, 0.3) is 5.91 Å². The highest BCUT2D eigenvalue weighted by Crippen LogP contribution is 2.39. The van der Waals surface area contributed by atoms with Gasteiger partial charge in [-0.2, -0.15) is 0 Å². The van der Waals surface area contributed by atoms with Crippen molar-refractivity contribution in [2.24, 2.45) is 5.73 Å². The van der Waals surface area contributed by atoms with Gasteiger partial charge in [-0.15, -0.1) is 24.2 Å². The molecule has 2 aliphatic rings. The number of fused-ring (bicyclic) bond motifs is 3. The number of carbonyl (C=O) groups is 1. The fourth-order valence-corrected chi connectivity index (χ4v) is 4.58. The van der Waals surface area contributed by atoms with Gasteiger partial charge in [-0.3, -0.25) is 4.79 Å². The van der Waals surface area contributed by atoms with Crippen LogP contribution in [0.4, 0.5) is 0 Å². The molecule has 0 bridgehead atoms. The second-order valence-electron chi connectivity index (χ2n) is 6.72. The molecular formula is C23H28N4O3S. The van der Waals surface area contributed by atoms with Crippen molar-refractivity contribution in [2.45, 2.75) is 25.7 Å². The first-order valence-electron chi connectivity index (χ1n) is 9.98. The van der Waals surface area contributed by atoms with E-state index in [1.165, 1.54) is 30.2 Å². The number of aromatic nitrogens is 1. The lowest BCUT2D eigenvalue weighted by Gasteiger charge is -2.25. The Morgan fingerprint density at radius 1 is 1.29 bits per heavy atom. The lowest BCUT2D eigenvalue weighted by molar-refractivity contribution is 0.0724. The third-order valence-electron chi connectivity index (χ3n) is 5.02. The van der Waals surface area contributed by atoms with Crippen LogP contribution in [-0.2, 0) is 6.42 Å². The van der Waals surface area contributed by atoms with Gasteiger partial charge in [-0.25, -0.2) is 4.98 Å². The number of allylic oxidation sites excluding steroid dienone is 1. The summed E-state index contributed by atoms with van der Waals surface area (Å²) in [5, 5.41) is 15.0. The van der Waals surface area contributed by atoms with Crippen molar-refractivity contribution in [3.63, 3.8) is 0 Å². The van der Waals surface area contributed by atoms with Crippen molar-refractivity contribution in [1.29, 1.82) is 5.41 Å². The minimum Gasteiger partial charge on any atom is -0.492 e. The largest absolute Gasteiger partial charge is 0.492 e. The fourth-order valence-electron chi connectivity index (χ4n) is 3.55. The Kier molecular flexibility index (Phi) is 9.25. The molecule has 164 valence electrons. The second kappa shape index (κ2) is 11.9. The van der Waals surface area contributed by atoms with Crippen LogP contribution < -0.4 is 10.5 Å². The van der Waals surface area contributed by atoms with E-state index in [1.807, 2.05) is 23.1 Å². The van der Waals surface area contributed by atoms with E-state index in [9.17, 15) is 4.79 Å². The Balaban J connectivity index is 0.000000807. The van der Waals surface area contributed by atoms with Crippen molar-refractivity contribution in [3.05, 3.63) is 39.8 Å². The van der Waals surface area contributed by atoms with Gasteiger partial charge in [0.1, 0.15) is 5.75 Å². The highest BCUT2D eigenvalue weighted by Gasteiger charge is 2.26. The Morgan fingerprint density at radius 3 is 2.65 bits per heavy atom. The molecular weight excluding hydrogens is 412 g/mol. The molecule has 1 saturated heterocycles. The van der Waals surface area contributed by atoms with Crippen molar-refractivity contribution in [3.8, 4) is 29.9 Å². The highest BCUT2D eigenvalue weighted by molar-refractivity contribution is 7.14. The Hall–Kier alpha value is -3.15. The van der Waals surface area contributed by atoms with E-state index >= 15 is 0 Å². The van der Waals surface area contributed by atoms with Crippen LogP contribution in [0.1, 0.15) is 39.5 Å². The summed E-state index contributed by atoms with van der Waals surface area (Å²) in [7, 11) is 1.00. The van der Waals surface area contributed by atoms with Crippen LogP contribution in [0.3, 0.4) is 0 Å². The standard InChI is InChI=1S/C20H22N4O2S.C2H2.CH4O/c21-11-14(12-22)13-4-5-15-16(10-13)26-9-6-17-18(15)23-19(27-17)20(25)24-7-2-1-3-8-24;2*1-2/h4-5,10-12,21H,1-3,6-9,22H2;1-2H;2H,1H3/b14-12+,21-11?;;. The van der Waals surface area contributed by atoms with Crippen molar-refractivity contribution >= 4 is 29.0 Å². The average molecular weight is 441 g/mol. The first kappa shape index (κ1) is 24.1. The number of hydrogen-bond acceptors (Lipinski definition) is 7. The number of aliphatic hydroxyl groups excluding tert-OH is 1. The third-order valence-corrected chi connectivity index (χ3v) is 6.12. The molecule has 0 saturated carbocycles. The predicted octanol–water partition coefficient (Wildman–Crippen LogP) is 3.18. The summed E-state index contributed by atoms with van der Waals surface area (Å²) in [4.78, 5) is 20.5. The zero-order valence-corrected chi connectivity index (χ0v) is 18.5. The normalized spacial score (nSPS) is 14.8. The number of thiazole rings is 1. The maximum absolute atomic E-state index is 12.8. The molecule has 1 aromatic carbocycles. The van der Waals surface area contributed by atoms with Crippen LogP contribution in [0.15, 0.2) is 24.4 Å². The number of piperidine rings is 1. The summed E-state index contributed by atoms with van der Waals surface area (Å²) < 4.78 is 5.91. The van der Waals surface area contributed by atoms with E-state index in [0.717, 1.165) is 66.9 Å². The van der Waals surface area contributed by atoms with Crippen LogP contribution >= 0.6 is 11.3 Å². The number of ether oxygens (including phenoxy) is 1. The molecule has 4 rings (SSSR count). The molecule has 0 spiro atoms. The van der Waals surface area contributed by atoms with E-state index in [1.54, 1.807) is 0 Å². The molecule has 0 radical (unpaired) electrons. The Labute approximate surface area is 187 Å². The van der Waals surface area contributed by atoms with Gasteiger partial charge in [0.15, 0.2) is 5.01 Å². The van der Waals surface area contributed by atoms with Crippen molar-refractivity contribution in [1.82, 2.24) is 9.88 Å². The topological polar surface area (TPSA) is 113 Å². The fraction of sp³-hybridized carbons (Fsp3) is 0.348. The van der Waals surface area contributed by atoms with Crippen molar-refractivity contribution in [2.75, 3.05) is 26.8 Å². The minimum atomic E-state index is 0.0454. The number of amides is 1. The summed E-state index contributed by atoms with van der Waals surface area (Å²) in [6, 6.07) is 5.74. The number of benzene rings is 1. The number of carbonyl (C=O) groups excluding carboxylic acids is 1. The molecule has 1 amide bonds. The second-order valence-corrected chi connectivity index (χ2v) is 7.80. The highest BCUT2D eigenvalue weighted by atomic mass is 32.1. The molecule has 0 unspecified atom stereocenters. The van der Waals surface area contributed by atoms with E-state index in [2.05, 4.69) is 12.8 Å². The van der Waals surface area contributed by atoms with Gasteiger partial charge < -0.3 is 25.9 Å². The number of nitrogens with one attached hydrogen (secondary N) is 1. The first-order chi connectivity index (χ1) is 15.2. The van der Waals surface area contributed by atoms with Crippen LogP contribution in [0, 0.1) is 18.3 Å². The lowest BCUT2D eigenvalue weighted by atomic mass is 10.0. The molecule has 2 aromatic rings. The lowest BCUT2D eigenvalue weighted by Crippen LogP contribution is -2.35. The summed E-state index contributed by atoms with van der Waals surface area (Å²) in [6.07, 6.45) is 14.7. The van der Waals surface area contributed by atoms with Gasteiger partial charge in [-0.1, -0.05) is 6.07 Å². The van der Waals surface area contributed by atoms with Crippen LogP contribution in [0.25, 0.3) is 16.8 Å². The molecule has 7 nitrogen and oxygen atoms in total. The molecule has 1 fully saturated rings. The molecule has 8 heteroatoms. The van der Waals surface area contributed by atoms with E-state index in [4.69, 9.17) is 26.0 Å². The molecule has 1 aromatic heterocycles. The van der Waals surface area contributed by atoms with Crippen molar-refractivity contribution < 1.29 is 14.6 Å². The van der Waals surface area contributed by atoms with E-state index < -0.39 is 0 Å². The van der Waals surface area contributed by atoms with Gasteiger partial charge >= 0.3 is 0 Å². The van der Waals surface area contributed by atoms with Crippen LogP contribution in [-0.4, -0.2) is 53.9 Å². The van der Waals surface area contributed by atoms with Crippen LogP contribution in [0.2, 0.25) is 0 Å². The molecule has 0 aliphatic carbocycles. The number of nitrogens with two attached hydrogens (primary N) is 1. The van der Waals surface area contributed by atoms with Gasteiger partial charge in [0.05, 0.1) is 12.3 Å². The summed E-state index contributed by atoms with van der Waals surface area (Å²) >= 11 is 1.48. The molecule has 4 N–H and O–H groups in total. The number of aliphatic hydroxyl groups is 1. The average Bonchev–Trinajstić information content (AvgIpc) is 3.19. The molecule has 0 atom stereocenters. The zero-order chi connectivity index (χ0) is 22.8. The number of nitrogens with zero attached hydrogens (tertiary/aromatic N) is 2. The summed E-state index contributed by atoms with van der Waals surface area (Å²) in [6.45, 7) is 2.18. The first-order valence-corrected chi connectivity index (χ1v) is 10.8. The SMILES string of the molecule is C#C.CO.N=C/C(=C\N)c1ccc2c(c1)OCCc1sc(C(=O)N3CCCCC3)nc1-2. The summed E-state index contributed by atoms with van der Waals surface area (Å²) in [5.41, 5.74) is 8.79. The van der Waals surface area contributed by atoms with Gasteiger partial charge in [-0.05, 0) is 37.0 Å². The molecule has 31 heavy (non-hydrogen) atoms. The van der Waals surface area contributed by atoms with Crippen LogP contribution in [0.5, 0.6) is 5.75 Å². The number of likely N-dealkylation sites (tertiary alicyclic amines) is 1. The summed E-state index contributed by atoms with van der Waals surface area (Å²) in [5.74, 6) is 0.763.